The van der Waals surface area contributed by atoms with Gasteiger partial charge in [0.05, 0.1) is 4.90 Å². The third-order valence-electron chi connectivity index (χ3n) is 4.90. The molecule has 1 fully saturated rings. The van der Waals surface area contributed by atoms with Crippen LogP contribution in [0.25, 0.3) is 0 Å². The van der Waals surface area contributed by atoms with Crippen LogP contribution in [0.4, 0.5) is 15.8 Å². The van der Waals surface area contributed by atoms with E-state index in [1.165, 1.54) is 12.1 Å². The topological polar surface area (TPSA) is 61.4 Å². The van der Waals surface area contributed by atoms with Gasteiger partial charge in [-0.05, 0) is 87.4 Å². The van der Waals surface area contributed by atoms with Crippen LogP contribution in [0.15, 0.2) is 53.4 Å². The molecule has 28 heavy (non-hydrogen) atoms. The summed E-state index contributed by atoms with van der Waals surface area (Å²) < 4.78 is 40.7. The van der Waals surface area contributed by atoms with Crippen LogP contribution in [0.3, 0.4) is 0 Å². The molecule has 2 atom stereocenters. The maximum atomic E-state index is 13.0. The van der Waals surface area contributed by atoms with Gasteiger partial charge in [-0.15, -0.1) is 0 Å². The van der Waals surface area contributed by atoms with E-state index >= 15 is 0 Å². The summed E-state index contributed by atoms with van der Waals surface area (Å²) in [5.41, 5.74) is 1.32. The normalized spacial score (nSPS) is 20.5. The second kappa shape index (κ2) is 8.55. The van der Waals surface area contributed by atoms with Crippen molar-refractivity contribution in [2.75, 3.05) is 10.6 Å². The molecule has 2 N–H and O–H groups in total. The van der Waals surface area contributed by atoms with Crippen molar-refractivity contribution in [2.24, 2.45) is 0 Å². The lowest BCUT2D eigenvalue weighted by molar-refractivity contribution is 0.204. The van der Waals surface area contributed by atoms with E-state index in [0.717, 1.165) is 19.3 Å². The van der Waals surface area contributed by atoms with Gasteiger partial charge in [0, 0.05) is 23.5 Å². The molecule has 150 valence electrons. The number of hydrogen-bond acceptors (Lipinski definition) is 3. The Morgan fingerprint density at radius 3 is 1.93 bits per heavy atom. The highest BCUT2D eigenvalue weighted by Gasteiger charge is 2.35. The minimum absolute atomic E-state index is 0.000890. The maximum Gasteiger partial charge on any atom is 0.243 e. The number of nitrogens with zero attached hydrogens (tertiary/aromatic N) is 1. The van der Waals surface area contributed by atoms with E-state index in [0.29, 0.717) is 16.5 Å². The average molecular weight is 422 g/mol. The molecule has 1 heterocycles. The third kappa shape index (κ3) is 4.68. The van der Waals surface area contributed by atoms with Gasteiger partial charge in [-0.25, -0.2) is 12.8 Å². The Kier molecular flexibility index (Phi) is 6.32. The summed E-state index contributed by atoms with van der Waals surface area (Å²) in [4.78, 5) is 0.274. The molecule has 0 bridgehead atoms. The number of anilines is 2. The molecule has 0 amide bonds. The fourth-order valence-electron chi connectivity index (χ4n) is 3.53. The standard InChI is InChI=1S/C20H24FN3O2S2/c1-14-4-3-5-15(2)24(14)28(25,26)19-12-10-18(11-13-19)23-20(27)22-17-8-6-16(21)7-9-17/h6-15H,3-5H2,1-2H3,(H2,22,23,27). The van der Waals surface area contributed by atoms with E-state index in [9.17, 15) is 12.8 Å². The highest BCUT2D eigenvalue weighted by molar-refractivity contribution is 7.89. The van der Waals surface area contributed by atoms with E-state index < -0.39 is 10.0 Å². The Bertz CT molecular complexity index is 921. The SMILES string of the molecule is CC1CCCC(C)N1S(=O)(=O)c1ccc(NC(=S)Nc2ccc(F)cc2)cc1. The molecule has 2 aromatic carbocycles. The van der Waals surface area contributed by atoms with Gasteiger partial charge in [-0.3, -0.25) is 0 Å². The first-order valence-corrected chi connectivity index (χ1v) is 11.1. The van der Waals surface area contributed by atoms with Gasteiger partial charge in [0.2, 0.25) is 10.0 Å². The zero-order valence-electron chi connectivity index (χ0n) is 15.9. The zero-order valence-corrected chi connectivity index (χ0v) is 17.5. The highest BCUT2D eigenvalue weighted by Crippen LogP contribution is 2.30. The van der Waals surface area contributed by atoms with Crippen LogP contribution < -0.4 is 10.6 Å². The van der Waals surface area contributed by atoms with Gasteiger partial charge in [0.25, 0.3) is 0 Å². The van der Waals surface area contributed by atoms with E-state index in [1.54, 1.807) is 40.7 Å². The summed E-state index contributed by atoms with van der Waals surface area (Å²) >= 11 is 5.25. The van der Waals surface area contributed by atoms with Crippen molar-refractivity contribution in [2.45, 2.75) is 50.1 Å². The van der Waals surface area contributed by atoms with Crippen LogP contribution in [0.1, 0.15) is 33.1 Å². The summed E-state index contributed by atoms with van der Waals surface area (Å²) in [5, 5.41) is 6.29. The van der Waals surface area contributed by atoms with E-state index in [1.807, 2.05) is 13.8 Å². The number of piperidine rings is 1. The molecule has 2 unspecified atom stereocenters. The Hall–Kier alpha value is -2.03. The van der Waals surface area contributed by atoms with Crippen LogP contribution >= 0.6 is 12.2 Å². The molecule has 2 aromatic rings. The minimum Gasteiger partial charge on any atom is -0.332 e. The Balaban J connectivity index is 1.68. The van der Waals surface area contributed by atoms with Crippen molar-refractivity contribution in [1.29, 1.82) is 0 Å². The number of hydrogen-bond donors (Lipinski definition) is 2. The first kappa shape index (κ1) is 20.7. The molecule has 8 heteroatoms. The predicted molar refractivity (Wildman–Crippen MR) is 114 cm³/mol. The van der Waals surface area contributed by atoms with Crippen LogP contribution in [0, 0.1) is 5.82 Å². The van der Waals surface area contributed by atoms with Gasteiger partial charge >= 0.3 is 0 Å². The number of nitrogens with one attached hydrogen (secondary N) is 2. The van der Waals surface area contributed by atoms with Gasteiger partial charge in [0.1, 0.15) is 5.82 Å². The molecule has 1 aliphatic heterocycles. The molecule has 1 aliphatic rings. The van der Waals surface area contributed by atoms with Crippen molar-refractivity contribution in [3.05, 3.63) is 54.3 Å². The monoisotopic (exact) mass is 421 g/mol. The molecular formula is C20H24FN3O2S2. The maximum absolute atomic E-state index is 13.0. The summed E-state index contributed by atoms with van der Waals surface area (Å²) in [6.45, 7) is 3.92. The van der Waals surface area contributed by atoms with Crippen molar-refractivity contribution in [3.63, 3.8) is 0 Å². The first-order valence-electron chi connectivity index (χ1n) is 9.24. The highest BCUT2D eigenvalue weighted by atomic mass is 32.2. The summed E-state index contributed by atoms with van der Waals surface area (Å²) in [6.07, 6.45) is 2.81. The molecule has 0 aromatic heterocycles. The second-order valence-corrected chi connectivity index (χ2v) is 9.33. The van der Waals surface area contributed by atoms with Crippen molar-refractivity contribution in [1.82, 2.24) is 4.31 Å². The largest absolute Gasteiger partial charge is 0.332 e. The minimum atomic E-state index is -3.54. The zero-order chi connectivity index (χ0) is 20.3. The molecule has 5 nitrogen and oxygen atoms in total. The quantitative estimate of drug-likeness (QED) is 0.708. The summed E-state index contributed by atoms with van der Waals surface area (Å²) in [7, 11) is -3.54. The number of halogens is 1. The van der Waals surface area contributed by atoms with Crippen LogP contribution in [0.2, 0.25) is 0 Å². The fourth-order valence-corrected chi connectivity index (χ4v) is 5.65. The number of thiocarbonyl (C=S) groups is 1. The lowest BCUT2D eigenvalue weighted by atomic mass is 10.0. The first-order chi connectivity index (χ1) is 13.3. The average Bonchev–Trinajstić information content (AvgIpc) is 2.64. The van der Waals surface area contributed by atoms with E-state index in [4.69, 9.17) is 12.2 Å². The molecule has 0 radical (unpaired) electrons. The van der Waals surface area contributed by atoms with E-state index in [-0.39, 0.29) is 22.8 Å². The third-order valence-corrected chi connectivity index (χ3v) is 7.25. The van der Waals surface area contributed by atoms with Crippen LogP contribution in [0.5, 0.6) is 0 Å². The number of rotatable bonds is 4. The summed E-state index contributed by atoms with van der Waals surface area (Å²) in [5.74, 6) is -0.321. The molecule has 3 rings (SSSR count). The number of sulfonamides is 1. The molecule has 0 aliphatic carbocycles. The Morgan fingerprint density at radius 1 is 0.964 bits per heavy atom. The van der Waals surface area contributed by atoms with Crippen LogP contribution in [-0.4, -0.2) is 29.9 Å². The lowest BCUT2D eigenvalue weighted by Crippen LogP contribution is -2.47. The Labute approximate surface area is 171 Å². The van der Waals surface area contributed by atoms with Gasteiger partial charge < -0.3 is 10.6 Å². The second-order valence-electron chi connectivity index (χ2n) is 7.07. The fraction of sp³-hybridized carbons (Fsp3) is 0.350. The van der Waals surface area contributed by atoms with E-state index in [2.05, 4.69) is 10.6 Å². The number of benzene rings is 2. The summed E-state index contributed by atoms with van der Waals surface area (Å²) in [6, 6.07) is 12.4. The van der Waals surface area contributed by atoms with Gasteiger partial charge in [0.15, 0.2) is 5.11 Å². The molecule has 0 spiro atoms. The molecular weight excluding hydrogens is 397 g/mol. The Morgan fingerprint density at radius 2 is 1.43 bits per heavy atom. The van der Waals surface area contributed by atoms with Gasteiger partial charge in [-0.2, -0.15) is 4.31 Å². The predicted octanol–water partition coefficient (Wildman–Crippen LogP) is 4.59. The molecule has 1 saturated heterocycles. The molecule has 0 saturated carbocycles. The van der Waals surface area contributed by atoms with Gasteiger partial charge in [-0.1, -0.05) is 6.42 Å². The van der Waals surface area contributed by atoms with Crippen molar-refractivity contribution >= 4 is 38.7 Å². The smallest absolute Gasteiger partial charge is 0.243 e. The van der Waals surface area contributed by atoms with Crippen LogP contribution in [-0.2, 0) is 10.0 Å². The van der Waals surface area contributed by atoms with Crippen molar-refractivity contribution in [3.8, 4) is 0 Å². The van der Waals surface area contributed by atoms with Crippen molar-refractivity contribution < 1.29 is 12.8 Å². The lowest BCUT2D eigenvalue weighted by Gasteiger charge is -2.37.